The minimum atomic E-state index is -1.52. The van der Waals surface area contributed by atoms with Crippen molar-refractivity contribution in [3.8, 4) is 11.1 Å². The number of esters is 1. The van der Waals surface area contributed by atoms with Gasteiger partial charge in [0.2, 0.25) is 70.9 Å². The van der Waals surface area contributed by atoms with Crippen LogP contribution in [0.1, 0.15) is 269 Å². The van der Waals surface area contributed by atoms with Crippen molar-refractivity contribution >= 4 is 95.6 Å². The SMILES string of the molecule is CCCCCCCC(=O)NCCCC[C@H](NC(=O)OCC1c2ccccc2-c2ccccc21)C(=O)N[C@@H](CCCCNC(=O)COCCOCCOC)C(=O)N[C@@H](CCCCNC(=O)CCCCCCC)C(=O)N[C@@H](CCCCNC(=O)COCCOCCOC)C(=O)N[C@@H](CCCCNC(=O)CCCCCCC)C(=O)N[C@@H](CCCCNC(=O)COCCOCCOC)C(=O)N[C@@H](CS)C(=O)OC. The van der Waals surface area contributed by atoms with Crippen LogP contribution >= 0.6 is 12.6 Å². The van der Waals surface area contributed by atoms with E-state index in [0.717, 1.165) is 113 Å². The van der Waals surface area contributed by atoms with E-state index < -0.39 is 108 Å². The maximum absolute atomic E-state index is 15.7. The zero-order valence-electron chi connectivity index (χ0n) is 84.1. The Morgan fingerprint density at radius 2 is 0.540 bits per heavy atom. The van der Waals surface area contributed by atoms with Gasteiger partial charge in [-0.05, 0) is 157 Å². The van der Waals surface area contributed by atoms with E-state index in [4.69, 9.17) is 52.1 Å². The summed E-state index contributed by atoms with van der Waals surface area (Å²) in [4.78, 5) is 197. The predicted molar refractivity (Wildman–Crippen MR) is 531 cm³/mol. The summed E-state index contributed by atoms with van der Waals surface area (Å²) in [5.74, 6) is -8.13. The summed E-state index contributed by atoms with van der Waals surface area (Å²) >= 11 is 4.29. The molecule has 0 spiro atoms. The largest absolute Gasteiger partial charge is 0.467 e. The van der Waals surface area contributed by atoms with Crippen LogP contribution in [-0.2, 0) is 114 Å². The Morgan fingerprint density at radius 1 is 0.288 bits per heavy atom. The third-order valence-corrected chi connectivity index (χ3v) is 23.6. The Bertz CT molecular complexity index is 3720. The summed E-state index contributed by atoms with van der Waals surface area (Å²) in [6.07, 6.45) is 16.8. The lowest BCUT2D eigenvalue weighted by Crippen LogP contribution is -2.60. The second kappa shape index (κ2) is 82.4. The Labute approximate surface area is 829 Å². The zero-order valence-corrected chi connectivity index (χ0v) is 85.0. The Hall–Kier alpha value is -9.19. The molecule has 7 atom stereocenters. The van der Waals surface area contributed by atoms with Crippen LogP contribution in [0.4, 0.5) is 4.79 Å². The highest BCUT2D eigenvalue weighted by Crippen LogP contribution is 2.44. The average Bonchev–Trinajstić information content (AvgIpc) is 1.61. The molecule has 1 aliphatic rings. The first-order valence-electron chi connectivity index (χ1n) is 50.7. The van der Waals surface area contributed by atoms with Crippen molar-refractivity contribution in [2.24, 2.45) is 0 Å². The number of nitrogens with one attached hydrogen (secondary N) is 13. The molecule has 0 saturated heterocycles. The number of ether oxygens (including phenoxy) is 11. The third kappa shape index (κ3) is 60.0. The molecule has 0 bridgehead atoms. The molecule has 0 radical (unpaired) electrons. The molecule has 0 saturated carbocycles. The monoisotopic (exact) mass is 1980 g/mol. The fourth-order valence-electron chi connectivity index (χ4n) is 15.2. The smallest absolute Gasteiger partial charge is 0.407 e. The first kappa shape index (κ1) is 124. The van der Waals surface area contributed by atoms with Gasteiger partial charge in [-0.3, -0.25) is 57.5 Å². The van der Waals surface area contributed by atoms with Crippen molar-refractivity contribution in [2.75, 3.05) is 179 Å². The van der Waals surface area contributed by atoms with Crippen molar-refractivity contribution in [3.05, 3.63) is 59.7 Å². The summed E-state index contributed by atoms with van der Waals surface area (Å²) in [7, 11) is 5.78. The minimum absolute atomic E-state index is 0.0125. The van der Waals surface area contributed by atoms with E-state index in [-0.39, 0.29) is 218 Å². The van der Waals surface area contributed by atoms with E-state index in [1.807, 2.05) is 48.5 Å². The molecule has 3 rings (SSSR count). The van der Waals surface area contributed by atoms with Crippen LogP contribution in [0.2, 0.25) is 0 Å². The molecule has 13 N–H and O–H groups in total. The number of fused-ring (bicyclic) bond motifs is 3. The topological polar surface area (TPSA) is 497 Å². The summed E-state index contributed by atoms with van der Waals surface area (Å²) in [6.45, 7) is 9.73. The Morgan fingerprint density at radius 3 is 0.813 bits per heavy atom. The number of carbonyl (C=O) groups excluding carboxylic acids is 14. The fraction of sp³-hybridized carbons (Fsp3) is 0.740. The molecule has 38 nitrogen and oxygen atoms in total. The van der Waals surface area contributed by atoms with E-state index in [2.05, 4.69) is 103 Å². The second-order valence-corrected chi connectivity index (χ2v) is 35.0. The lowest BCUT2D eigenvalue weighted by Gasteiger charge is -2.28. The van der Waals surface area contributed by atoms with Gasteiger partial charge in [0.05, 0.1) is 86.4 Å². The third-order valence-electron chi connectivity index (χ3n) is 23.2. The van der Waals surface area contributed by atoms with Gasteiger partial charge in [0.25, 0.3) is 0 Å². The van der Waals surface area contributed by atoms with E-state index in [1.54, 1.807) is 21.3 Å². The number of hydrogen-bond donors (Lipinski definition) is 14. The van der Waals surface area contributed by atoms with E-state index in [1.165, 1.54) is 0 Å². The highest BCUT2D eigenvalue weighted by molar-refractivity contribution is 7.80. The zero-order chi connectivity index (χ0) is 101. The van der Waals surface area contributed by atoms with Crippen LogP contribution in [0.15, 0.2) is 48.5 Å². The van der Waals surface area contributed by atoms with Gasteiger partial charge < -0.3 is 121 Å². The number of carbonyl (C=O) groups is 14. The number of hydrogen-bond acceptors (Lipinski definition) is 26. The van der Waals surface area contributed by atoms with E-state index >= 15 is 24.0 Å². The van der Waals surface area contributed by atoms with Crippen LogP contribution in [0.3, 0.4) is 0 Å². The number of alkyl carbamates (subject to hydrolysis) is 1. The van der Waals surface area contributed by atoms with Crippen molar-refractivity contribution < 1.29 is 119 Å². The molecule has 0 heterocycles. The van der Waals surface area contributed by atoms with Crippen LogP contribution in [0.5, 0.6) is 0 Å². The van der Waals surface area contributed by atoms with Gasteiger partial charge in [-0.25, -0.2) is 9.59 Å². The lowest BCUT2D eigenvalue weighted by atomic mass is 9.98. The van der Waals surface area contributed by atoms with Crippen molar-refractivity contribution in [1.29, 1.82) is 0 Å². The van der Waals surface area contributed by atoms with Crippen molar-refractivity contribution in [1.82, 2.24) is 69.1 Å². The fourth-order valence-corrected chi connectivity index (χ4v) is 15.5. The molecule has 2 aromatic rings. The first-order chi connectivity index (χ1) is 67.6. The van der Waals surface area contributed by atoms with Crippen molar-refractivity contribution in [2.45, 2.75) is 300 Å². The Kier molecular flexibility index (Phi) is 73.5. The highest BCUT2D eigenvalue weighted by Gasteiger charge is 2.36. The molecule has 139 heavy (non-hydrogen) atoms. The second-order valence-electron chi connectivity index (χ2n) is 34.6. The number of unbranched alkanes of at least 4 members (excludes halogenated alkanes) is 18. The molecule has 0 aliphatic heterocycles. The van der Waals surface area contributed by atoms with Gasteiger partial charge in [-0.2, -0.15) is 12.6 Å². The molecular formula is C100H169N13O25S. The number of amides is 13. The standard InChI is InChI=1S/C100H169N13O25S/c1-8-11-14-17-20-49-87(114)101-52-33-27-43-80(109-96(123)83(46-30-37-56-105-91(118)72-136-68-65-133-62-59-129-5)111-98(125)85(48-32-35-54-103-89(116)51-22-19-16-13-10-3)113-100(127)138-70-79-77-41-25-23-39-75(77)76-40-24-26-42-78(76)79)93(120)108-82(45-29-36-55-104-90(117)71-135-67-64-132-61-58-128-4)94(121)107-81(44-28-34-53-102-88(115)50-21-18-15-12-9-2)95(122)110-84(97(124)112-86(74-139)99(126)131-7)47-31-38-57-106-92(119)73-137-69-66-134-63-60-130-6/h23-26,39-42,79-86,139H,8-22,27-38,43-74H2,1-7H3,(H,101,114)(H,102,115)(H,103,116)(H,104,117)(H,105,118)(H,106,119)(H,107,121)(H,108,120)(H,109,123)(H,110,122)(H,111,125)(H,112,124)(H,113,127)/t80-,81-,82-,83-,84-,85-,86-/m0/s1. The lowest BCUT2D eigenvalue weighted by molar-refractivity contribution is -0.144. The Balaban J connectivity index is 2.23. The molecular weight excluding hydrogens is 1820 g/mol. The molecule has 0 aromatic heterocycles. The van der Waals surface area contributed by atoms with Gasteiger partial charge in [-0.15, -0.1) is 0 Å². The van der Waals surface area contributed by atoms with Gasteiger partial charge in [0, 0.05) is 91.5 Å². The van der Waals surface area contributed by atoms with Crippen LogP contribution in [0, 0.1) is 0 Å². The summed E-state index contributed by atoms with van der Waals surface area (Å²) < 4.78 is 58.8. The maximum Gasteiger partial charge on any atom is 0.407 e. The summed E-state index contributed by atoms with van der Waals surface area (Å²) in [5, 5.41) is 37.0. The van der Waals surface area contributed by atoms with Gasteiger partial charge in [0.15, 0.2) is 0 Å². The molecule has 2 aromatic carbocycles. The van der Waals surface area contributed by atoms with E-state index in [9.17, 15) is 43.2 Å². The molecule has 1 aliphatic carbocycles. The number of methoxy groups -OCH3 is 4. The average molecular weight is 1990 g/mol. The van der Waals surface area contributed by atoms with Crippen LogP contribution in [0.25, 0.3) is 11.1 Å². The molecule has 790 valence electrons. The number of thiol groups is 1. The van der Waals surface area contributed by atoms with Gasteiger partial charge in [0.1, 0.15) is 68.7 Å². The predicted octanol–water partition coefficient (Wildman–Crippen LogP) is 7.74. The van der Waals surface area contributed by atoms with Gasteiger partial charge >= 0.3 is 12.1 Å². The van der Waals surface area contributed by atoms with E-state index in [0.29, 0.717) is 104 Å². The molecule has 0 unspecified atom stereocenters. The number of rotatable bonds is 89. The van der Waals surface area contributed by atoms with Crippen LogP contribution in [-0.4, -0.2) is 304 Å². The summed E-state index contributed by atoms with van der Waals surface area (Å²) in [5.41, 5.74) is 3.89. The van der Waals surface area contributed by atoms with Crippen molar-refractivity contribution in [3.63, 3.8) is 0 Å². The molecule has 0 fully saturated rings. The summed E-state index contributed by atoms with van der Waals surface area (Å²) in [6, 6.07) is 5.73. The molecule has 39 heteroatoms. The van der Waals surface area contributed by atoms with Gasteiger partial charge in [-0.1, -0.05) is 146 Å². The minimum Gasteiger partial charge on any atom is -0.467 e. The normalized spacial score (nSPS) is 13.0. The highest BCUT2D eigenvalue weighted by atomic mass is 32.1. The van der Waals surface area contributed by atoms with Crippen LogP contribution < -0.4 is 69.1 Å². The quantitative estimate of drug-likeness (QED) is 0.0171. The number of benzene rings is 2. The molecule has 13 amide bonds. The first-order valence-corrected chi connectivity index (χ1v) is 51.4. The maximum atomic E-state index is 15.7.